The molecule has 0 unspecified atom stereocenters. The Kier molecular flexibility index (Phi) is 8.43. The van der Waals surface area contributed by atoms with Gasteiger partial charge in [0, 0.05) is 19.5 Å². The Morgan fingerprint density at radius 2 is 1.86 bits per heavy atom. The third kappa shape index (κ3) is 6.73. The van der Waals surface area contributed by atoms with Gasteiger partial charge in [0.05, 0.1) is 6.61 Å². The van der Waals surface area contributed by atoms with Crippen molar-refractivity contribution in [3.63, 3.8) is 0 Å². The molecule has 0 bridgehead atoms. The van der Waals surface area contributed by atoms with E-state index in [-0.39, 0.29) is 18.1 Å². The highest BCUT2D eigenvalue weighted by Gasteiger charge is 2.33. The van der Waals surface area contributed by atoms with Crippen LogP contribution < -0.4 is 4.74 Å². The molecule has 1 aromatic carbocycles. The Morgan fingerprint density at radius 3 is 2.45 bits per heavy atom. The van der Waals surface area contributed by atoms with Crippen molar-refractivity contribution in [2.45, 2.75) is 32.0 Å². The molecule has 0 amide bonds. The summed E-state index contributed by atoms with van der Waals surface area (Å²) in [6.07, 6.45) is -3.84. The van der Waals surface area contributed by atoms with Gasteiger partial charge < -0.3 is 14.7 Å². The van der Waals surface area contributed by atoms with Gasteiger partial charge in [0.15, 0.2) is 0 Å². The zero-order valence-corrected chi connectivity index (χ0v) is 16.2. The number of aliphatic hydroxyl groups excluding tert-OH is 1. The van der Waals surface area contributed by atoms with Crippen LogP contribution in [-0.4, -0.2) is 41.2 Å². The molecule has 0 fully saturated rings. The first-order chi connectivity index (χ1) is 13.9. The van der Waals surface area contributed by atoms with Crippen LogP contribution in [0.25, 0.3) is 0 Å². The number of ether oxygens (including phenoxy) is 1. The minimum atomic E-state index is -4.63. The second-order valence-corrected chi connectivity index (χ2v) is 6.53. The Labute approximate surface area is 168 Å². The maximum Gasteiger partial charge on any atom is 0.433 e. The van der Waals surface area contributed by atoms with Gasteiger partial charge in [-0.15, -0.1) is 0 Å². The molecule has 2 rings (SSSR count). The van der Waals surface area contributed by atoms with Crippen molar-refractivity contribution >= 4 is 0 Å². The Balaban J connectivity index is 2.30. The van der Waals surface area contributed by atoms with Crippen molar-refractivity contribution < 1.29 is 23.0 Å². The molecule has 2 aromatic rings. The fourth-order valence-electron chi connectivity index (χ4n) is 2.96. The number of benzene rings is 1. The minimum Gasteiger partial charge on any atom is -0.468 e. The van der Waals surface area contributed by atoms with Crippen LogP contribution >= 0.6 is 0 Å². The van der Waals surface area contributed by atoms with E-state index in [1.807, 2.05) is 43.3 Å². The van der Waals surface area contributed by atoms with Gasteiger partial charge in [-0.05, 0) is 30.7 Å². The van der Waals surface area contributed by atoms with E-state index in [0.29, 0.717) is 19.5 Å². The lowest BCUT2D eigenvalue weighted by Gasteiger charge is -2.25. The number of nitrogens with zero attached hydrogens (tertiary/aromatic N) is 3. The third-order valence-corrected chi connectivity index (χ3v) is 4.36. The highest BCUT2D eigenvalue weighted by atomic mass is 19.4. The van der Waals surface area contributed by atoms with Crippen LogP contribution in [0.4, 0.5) is 13.2 Å². The van der Waals surface area contributed by atoms with Crippen LogP contribution in [0.2, 0.25) is 0 Å². The normalized spacial score (nSPS) is 12.6. The smallest absolute Gasteiger partial charge is 0.433 e. The van der Waals surface area contributed by atoms with Crippen molar-refractivity contribution in [1.82, 2.24) is 9.88 Å². The van der Waals surface area contributed by atoms with Crippen molar-refractivity contribution in [1.29, 1.82) is 5.26 Å². The van der Waals surface area contributed by atoms with Gasteiger partial charge in [-0.1, -0.05) is 37.3 Å². The molecule has 1 aromatic heterocycles. The van der Waals surface area contributed by atoms with Gasteiger partial charge in [0.25, 0.3) is 0 Å². The van der Waals surface area contributed by atoms with E-state index < -0.39 is 18.0 Å². The monoisotopic (exact) mass is 407 g/mol. The average Bonchev–Trinajstić information content (AvgIpc) is 2.71. The molecule has 0 saturated heterocycles. The van der Waals surface area contributed by atoms with E-state index in [1.165, 1.54) is 0 Å². The molecule has 8 heteroatoms. The number of hydrogen-bond acceptors (Lipinski definition) is 5. The number of aromatic nitrogens is 1. The lowest BCUT2D eigenvalue weighted by atomic mass is 10.1. The highest BCUT2D eigenvalue weighted by molar-refractivity contribution is 5.39. The fraction of sp³-hybridized carbons (Fsp3) is 0.429. The van der Waals surface area contributed by atoms with Crippen LogP contribution in [-0.2, 0) is 6.18 Å². The summed E-state index contributed by atoms with van der Waals surface area (Å²) in [4.78, 5) is 5.62. The molecule has 0 aliphatic carbocycles. The molecule has 1 heterocycles. The first-order valence-electron chi connectivity index (χ1n) is 9.42. The fourth-order valence-corrected chi connectivity index (χ4v) is 2.96. The summed E-state index contributed by atoms with van der Waals surface area (Å²) in [5.74, 6) is -0.333. The van der Waals surface area contributed by atoms with Gasteiger partial charge in [0.2, 0.25) is 5.88 Å². The Bertz CT molecular complexity index is 801. The first kappa shape index (κ1) is 22.7. The second-order valence-electron chi connectivity index (χ2n) is 6.53. The van der Waals surface area contributed by atoms with Crippen molar-refractivity contribution in [2.24, 2.45) is 0 Å². The maximum absolute atomic E-state index is 13.1. The molecule has 1 N–H and O–H groups in total. The van der Waals surface area contributed by atoms with Gasteiger partial charge >= 0.3 is 6.18 Å². The predicted molar refractivity (Wildman–Crippen MR) is 102 cm³/mol. The second kappa shape index (κ2) is 10.8. The summed E-state index contributed by atoms with van der Waals surface area (Å²) in [5.41, 5.74) is -0.387. The molecule has 0 aliphatic heterocycles. The van der Waals surface area contributed by atoms with Crippen molar-refractivity contribution in [3.8, 4) is 11.9 Å². The Hall–Kier alpha value is -2.63. The molecule has 29 heavy (non-hydrogen) atoms. The minimum absolute atomic E-state index is 0.0185. The van der Waals surface area contributed by atoms with Gasteiger partial charge in [0.1, 0.15) is 23.4 Å². The molecule has 0 aliphatic rings. The van der Waals surface area contributed by atoms with E-state index in [0.717, 1.165) is 30.7 Å². The average molecular weight is 407 g/mol. The molecular weight excluding hydrogens is 383 g/mol. The third-order valence-electron chi connectivity index (χ3n) is 4.36. The summed E-state index contributed by atoms with van der Waals surface area (Å²) in [5, 5.41) is 18.5. The number of aliphatic hydroxyl groups is 1. The zero-order chi connectivity index (χ0) is 21.3. The van der Waals surface area contributed by atoms with Crippen LogP contribution in [0.5, 0.6) is 5.88 Å². The molecule has 5 nitrogen and oxygen atoms in total. The standard InChI is InChI=1S/C21H24F3N3O2/c1-2-11-27(13-14-28)12-10-18(16-6-4-3-5-7-16)29-20-17(15-25)8-9-19(26-20)21(22,23)24/h3-9,18,28H,2,10-14H2,1H3/t18-/m1/s1. The summed E-state index contributed by atoms with van der Waals surface area (Å²) < 4.78 is 45.0. The maximum atomic E-state index is 13.1. The SMILES string of the molecule is CCCN(CCO)CC[C@@H](Oc1nc(C(F)(F)F)ccc1C#N)c1ccccc1. The molecule has 156 valence electrons. The largest absolute Gasteiger partial charge is 0.468 e. The van der Waals surface area contributed by atoms with Crippen molar-refractivity contribution in [3.05, 3.63) is 59.3 Å². The number of alkyl halides is 3. The highest BCUT2D eigenvalue weighted by Crippen LogP contribution is 2.32. The van der Waals surface area contributed by atoms with Crippen LogP contribution in [0.3, 0.4) is 0 Å². The van der Waals surface area contributed by atoms with Crippen LogP contribution in [0.15, 0.2) is 42.5 Å². The summed E-state index contributed by atoms with van der Waals surface area (Å²) in [7, 11) is 0. The summed E-state index contributed by atoms with van der Waals surface area (Å²) in [6, 6.07) is 12.8. The van der Waals surface area contributed by atoms with Crippen LogP contribution in [0, 0.1) is 11.3 Å². The van der Waals surface area contributed by atoms with Crippen molar-refractivity contribution in [2.75, 3.05) is 26.2 Å². The van der Waals surface area contributed by atoms with E-state index in [1.54, 1.807) is 0 Å². The number of hydrogen-bond donors (Lipinski definition) is 1. The topological polar surface area (TPSA) is 69.4 Å². The predicted octanol–water partition coefficient (Wildman–Crippen LogP) is 4.19. The molecular formula is C21H24F3N3O2. The molecule has 1 atom stereocenters. The number of pyridine rings is 1. The molecule has 0 spiro atoms. The van der Waals surface area contributed by atoms with E-state index >= 15 is 0 Å². The molecule has 0 radical (unpaired) electrons. The zero-order valence-electron chi connectivity index (χ0n) is 16.2. The summed E-state index contributed by atoms with van der Waals surface area (Å²) >= 11 is 0. The van der Waals surface area contributed by atoms with Gasteiger partial charge in [-0.25, -0.2) is 4.98 Å². The summed E-state index contributed by atoms with van der Waals surface area (Å²) in [6.45, 7) is 3.91. The quantitative estimate of drug-likeness (QED) is 0.640. The van der Waals surface area contributed by atoms with E-state index in [4.69, 9.17) is 4.74 Å². The van der Waals surface area contributed by atoms with Crippen LogP contribution in [0.1, 0.15) is 42.7 Å². The lowest BCUT2D eigenvalue weighted by molar-refractivity contribution is -0.141. The Morgan fingerprint density at radius 1 is 1.14 bits per heavy atom. The number of rotatable bonds is 10. The lowest BCUT2D eigenvalue weighted by Crippen LogP contribution is -2.30. The first-order valence-corrected chi connectivity index (χ1v) is 9.42. The number of halogens is 3. The van der Waals surface area contributed by atoms with Gasteiger partial charge in [-0.3, -0.25) is 0 Å². The van der Waals surface area contributed by atoms with E-state index in [9.17, 15) is 23.5 Å². The molecule has 0 saturated carbocycles. The van der Waals surface area contributed by atoms with E-state index in [2.05, 4.69) is 9.88 Å². The number of nitriles is 1. The van der Waals surface area contributed by atoms with Gasteiger partial charge in [-0.2, -0.15) is 18.4 Å².